The number of nitrogens with zero attached hydrogens (tertiary/aromatic N) is 2. The Bertz CT molecular complexity index is 439. The Morgan fingerprint density at radius 3 is 2.44 bits per heavy atom. The van der Waals surface area contributed by atoms with Crippen molar-refractivity contribution in [3.8, 4) is 0 Å². The fraction of sp³-hybridized carbons (Fsp3) is 0.154. The van der Waals surface area contributed by atoms with Crippen LogP contribution >= 0.6 is 15.9 Å². The second-order valence-electron chi connectivity index (χ2n) is 3.55. The summed E-state index contributed by atoms with van der Waals surface area (Å²) in [5, 5.41) is 0.843. The van der Waals surface area contributed by atoms with E-state index in [1.807, 2.05) is 37.5 Å². The van der Waals surface area contributed by atoms with E-state index in [1.165, 1.54) is 5.56 Å². The highest BCUT2D eigenvalue weighted by molar-refractivity contribution is 9.08. The Morgan fingerprint density at radius 1 is 1.12 bits per heavy atom. The number of hydrogen-bond donors (Lipinski definition) is 0. The number of alkyl halides is 1. The van der Waals surface area contributed by atoms with Crippen LogP contribution in [0.2, 0.25) is 0 Å². The lowest BCUT2D eigenvalue weighted by molar-refractivity contribution is 1.11. The number of anilines is 2. The van der Waals surface area contributed by atoms with Gasteiger partial charge in [-0.1, -0.05) is 40.2 Å². The van der Waals surface area contributed by atoms with Gasteiger partial charge in [-0.05, 0) is 23.8 Å². The van der Waals surface area contributed by atoms with Crippen LogP contribution in [0.15, 0.2) is 48.7 Å². The third-order valence-corrected chi connectivity index (χ3v) is 3.10. The Balaban J connectivity index is 2.24. The van der Waals surface area contributed by atoms with E-state index in [1.54, 1.807) is 0 Å². The molecule has 2 nitrogen and oxygen atoms in total. The van der Waals surface area contributed by atoms with Crippen molar-refractivity contribution < 1.29 is 0 Å². The molecule has 82 valence electrons. The van der Waals surface area contributed by atoms with Gasteiger partial charge >= 0.3 is 0 Å². The Morgan fingerprint density at radius 2 is 1.88 bits per heavy atom. The van der Waals surface area contributed by atoms with Gasteiger partial charge in [0.25, 0.3) is 0 Å². The molecule has 0 unspecified atom stereocenters. The van der Waals surface area contributed by atoms with Crippen LogP contribution in [-0.4, -0.2) is 12.0 Å². The molecule has 0 atom stereocenters. The highest BCUT2D eigenvalue weighted by Gasteiger charge is 2.03. The van der Waals surface area contributed by atoms with Crippen molar-refractivity contribution in [3.63, 3.8) is 0 Å². The zero-order valence-corrected chi connectivity index (χ0v) is 10.7. The summed E-state index contributed by atoms with van der Waals surface area (Å²) in [7, 11) is 2.02. The van der Waals surface area contributed by atoms with E-state index < -0.39 is 0 Å². The number of aromatic nitrogens is 1. The first-order valence-electron chi connectivity index (χ1n) is 5.11. The molecule has 16 heavy (non-hydrogen) atoms. The molecule has 0 saturated carbocycles. The fourth-order valence-corrected chi connectivity index (χ4v) is 1.81. The Kier molecular flexibility index (Phi) is 3.57. The highest BCUT2D eigenvalue weighted by atomic mass is 79.9. The molecule has 3 heteroatoms. The average Bonchev–Trinajstić information content (AvgIpc) is 2.39. The molecular formula is C13H13BrN2. The van der Waals surface area contributed by atoms with Gasteiger partial charge in [0.1, 0.15) is 5.82 Å². The second kappa shape index (κ2) is 5.12. The van der Waals surface area contributed by atoms with Crippen molar-refractivity contribution in [3.05, 3.63) is 54.2 Å². The molecule has 0 fully saturated rings. The van der Waals surface area contributed by atoms with Gasteiger partial charge in [0.15, 0.2) is 0 Å². The van der Waals surface area contributed by atoms with Gasteiger partial charge in [-0.15, -0.1) is 0 Å². The molecule has 0 aliphatic carbocycles. The predicted octanol–water partition coefficient (Wildman–Crippen LogP) is 3.74. The van der Waals surface area contributed by atoms with Crippen LogP contribution in [0.5, 0.6) is 0 Å². The Hall–Kier alpha value is -1.35. The number of hydrogen-bond acceptors (Lipinski definition) is 2. The number of para-hydroxylation sites is 1. The average molecular weight is 277 g/mol. The maximum absolute atomic E-state index is 4.42. The van der Waals surface area contributed by atoms with Crippen molar-refractivity contribution >= 4 is 27.4 Å². The molecule has 1 aromatic heterocycles. The van der Waals surface area contributed by atoms with E-state index in [9.17, 15) is 0 Å². The van der Waals surface area contributed by atoms with Crippen molar-refractivity contribution in [1.82, 2.24) is 4.98 Å². The number of pyridine rings is 1. The molecule has 0 N–H and O–H groups in total. The molecule has 2 rings (SSSR count). The van der Waals surface area contributed by atoms with Gasteiger partial charge in [-0.25, -0.2) is 4.98 Å². The lowest BCUT2D eigenvalue weighted by Crippen LogP contribution is -2.10. The normalized spacial score (nSPS) is 10.1. The molecule has 0 radical (unpaired) electrons. The summed E-state index contributed by atoms with van der Waals surface area (Å²) in [5.41, 5.74) is 2.33. The van der Waals surface area contributed by atoms with Gasteiger partial charge in [0, 0.05) is 24.3 Å². The van der Waals surface area contributed by atoms with E-state index >= 15 is 0 Å². The summed E-state index contributed by atoms with van der Waals surface area (Å²) in [6.07, 6.45) is 1.89. The monoisotopic (exact) mass is 276 g/mol. The van der Waals surface area contributed by atoms with Crippen molar-refractivity contribution in [2.45, 2.75) is 5.33 Å². The van der Waals surface area contributed by atoms with Crippen LogP contribution in [-0.2, 0) is 5.33 Å². The van der Waals surface area contributed by atoms with E-state index in [0.717, 1.165) is 16.8 Å². The summed E-state index contributed by atoms with van der Waals surface area (Å²) in [4.78, 5) is 6.49. The molecule has 0 aliphatic rings. The minimum atomic E-state index is 0.843. The molecule has 0 spiro atoms. The first kappa shape index (κ1) is 11.1. The zero-order valence-electron chi connectivity index (χ0n) is 9.10. The van der Waals surface area contributed by atoms with Crippen molar-refractivity contribution in [1.29, 1.82) is 0 Å². The SMILES string of the molecule is CN(c1ccccc1)c1ccc(CBr)cn1. The number of rotatable bonds is 3. The van der Waals surface area contributed by atoms with Crippen LogP contribution in [0.25, 0.3) is 0 Å². The summed E-state index contributed by atoms with van der Waals surface area (Å²) >= 11 is 3.41. The lowest BCUT2D eigenvalue weighted by Gasteiger charge is -2.18. The van der Waals surface area contributed by atoms with E-state index in [-0.39, 0.29) is 0 Å². The van der Waals surface area contributed by atoms with Crippen LogP contribution in [0, 0.1) is 0 Å². The standard InChI is InChI=1S/C13H13BrN2/c1-16(12-5-3-2-4-6-12)13-8-7-11(9-14)10-15-13/h2-8,10H,9H2,1H3. The van der Waals surface area contributed by atoms with Gasteiger partial charge in [-0.2, -0.15) is 0 Å². The first-order chi connectivity index (χ1) is 7.81. The molecule has 1 heterocycles. The molecular weight excluding hydrogens is 264 g/mol. The van der Waals surface area contributed by atoms with E-state index in [2.05, 4.69) is 44.0 Å². The van der Waals surface area contributed by atoms with E-state index in [4.69, 9.17) is 0 Å². The smallest absolute Gasteiger partial charge is 0.132 e. The van der Waals surface area contributed by atoms with E-state index in [0.29, 0.717) is 0 Å². The third kappa shape index (κ3) is 2.42. The maximum atomic E-state index is 4.42. The van der Waals surface area contributed by atoms with Crippen LogP contribution < -0.4 is 4.90 Å². The largest absolute Gasteiger partial charge is 0.329 e. The molecule has 0 amide bonds. The summed E-state index contributed by atoms with van der Waals surface area (Å²) in [6.45, 7) is 0. The number of halogens is 1. The van der Waals surface area contributed by atoms with Crippen LogP contribution in [0.4, 0.5) is 11.5 Å². The van der Waals surface area contributed by atoms with Crippen LogP contribution in [0.1, 0.15) is 5.56 Å². The summed E-state index contributed by atoms with van der Waals surface area (Å²) < 4.78 is 0. The highest BCUT2D eigenvalue weighted by Crippen LogP contribution is 2.21. The van der Waals surface area contributed by atoms with Gasteiger partial charge < -0.3 is 4.90 Å². The van der Waals surface area contributed by atoms with Gasteiger partial charge in [0.05, 0.1) is 0 Å². The number of benzene rings is 1. The zero-order chi connectivity index (χ0) is 11.4. The van der Waals surface area contributed by atoms with Gasteiger partial charge in [0.2, 0.25) is 0 Å². The molecule has 0 bridgehead atoms. The Labute approximate surface area is 104 Å². The second-order valence-corrected chi connectivity index (χ2v) is 4.11. The predicted molar refractivity (Wildman–Crippen MR) is 71.4 cm³/mol. The molecule has 0 aliphatic heterocycles. The van der Waals surface area contributed by atoms with Crippen molar-refractivity contribution in [2.24, 2.45) is 0 Å². The third-order valence-electron chi connectivity index (χ3n) is 2.45. The van der Waals surface area contributed by atoms with Crippen molar-refractivity contribution in [2.75, 3.05) is 11.9 Å². The minimum absolute atomic E-state index is 0.843. The summed E-state index contributed by atoms with van der Waals surface area (Å²) in [6, 6.07) is 14.3. The minimum Gasteiger partial charge on any atom is -0.329 e. The van der Waals surface area contributed by atoms with Gasteiger partial charge in [-0.3, -0.25) is 0 Å². The molecule has 0 saturated heterocycles. The first-order valence-corrected chi connectivity index (χ1v) is 6.23. The molecule has 1 aromatic carbocycles. The maximum Gasteiger partial charge on any atom is 0.132 e. The topological polar surface area (TPSA) is 16.1 Å². The summed E-state index contributed by atoms with van der Waals surface area (Å²) in [5.74, 6) is 0.955. The van der Waals surface area contributed by atoms with Crippen LogP contribution in [0.3, 0.4) is 0 Å². The molecule has 2 aromatic rings. The lowest BCUT2D eigenvalue weighted by atomic mass is 10.3. The quantitative estimate of drug-likeness (QED) is 0.794. The fourth-order valence-electron chi connectivity index (χ4n) is 1.48.